The summed E-state index contributed by atoms with van der Waals surface area (Å²) >= 11 is 11.4. The van der Waals surface area contributed by atoms with Crippen molar-refractivity contribution in [2.75, 3.05) is 0 Å². The van der Waals surface area contributed by atoms with E-state index in [-0.39, 0.29) is 0 Å². The summed E-state index contributed by atoms with van der Waals surface area (Å²) in [5, 5.41) is 1.21. The second-order valence-electron chi connectivity index (χ2n) is 1.93. The van der Waals surface area contributed by atoms with Gasteiger partial charge < -0.3 is 0 Å². The largest absolute Gasteiger partial charge is 0.0827 e. The van der Waals surface area contributed by atoms with Gasteiger partial charge in [-0.15, -0.1) is 0 Å². The minimum atomic E-state index is 0.602. The molecule has 0 aliphatic heterocycles. The van der Waals surface area contributed by atoms with E-state index in [0.717, 1.165) is 11.6 Å². The zero-order valence-electron chi connectivity index (χ0n) is 5.20. The van der Waals surface area contributed by atoms with Gasteiger partial charge in [-0.3, -0.25) is 0 Å². The summed E-state index contributed by atoms with van der Waals surface area (Å²) in [5.74, 6) is 0. The summed E-state index contributed by atoms with van der Waals surface area (Å²) in [6.45, 7) is 0. The molecule has 0 aromatic heterocycles. The van der Waals surface area contributed by atoms with E-state index in [1.165, 1.54) is 0 Å². The normalized spacial score (nSPS) is 9.90. The topological polar surface area (TPSA) is 0 Å². The lowest BCUT2D eigenvalue weighted by Crippen LogP contribution is -1.82. The summed E-state index contributed by atoms with van der Waals surface area (Å²) in [5.41, 5.74) is 1.13. The van der Waals surface area contributed by atoms with Crippen molar-refractivity contribution in [1.82, 2.24) is 0 Å². The Kier molecular flexibility index (Phi) is 2.78. The van der Waals surface area contributed by atoms with Crippen LogP contribution in [-0.2, 0) is 6.04 Å². The van der Waals surface area contributed by atoms with Crippen LogP contribution in [0.2, 0.25) is 10.0 Å². The summed E-state index contributed by atoms with van der Waals surface area (Å²) in [7, 11) is 3.36. The zero-order valence-corrected chi connectivity index (χ0v) is 7.71. The molecule has 0 amide bonds. The fraction of sp³-hybridized carbons (Fsp3) is 0.143. The summed E-state index contributed by atoms with van der Waals surface area (Å²) in [4.78, 5) is 0. The fourth-order valence-corrected chi connectivity index (χ4v) is 1.19. The van der Waals surface area contributed by atoms with Crippen LogP contribution in [0.15, 0.2) is 18.2 Å². The first-order chi connectivity index (χ1) is 4.74. The average molecular weight is 188 g/mol. The van der Waals surface area contributed by atoms with E-state index in [0.29, 0.717) is 10.0 Å². The molecule has 0 atom stereocenters. The lowest BCUT2D eigenvalue weighted by molar-refractivity contribution is 1.40. The van der Waals surface area contributed by atoms with Crippen molar-refractivity contribution in [3.05, 3.63) is 33.8 Å². The second kappa shape index (κ2) is 3.42. The summed E-state index contributed by atoms with van der Waals surface area (Å²) < 4.78 is 0. The molecule has 1 rings (SSSR count). The van der Waals surface area contributed by atoms with Crippen LogP contribution in [0.1, 0.15) is 5.56 Å². The molecule has 0 spiro atoms. The van der Waals surface area contributed by atoms with E-state index in [1.54, 1.807) is 6.07 Å². The summed E-state index contributed by atoms with van der Waals surface area (Å²) in [6, 6.07) is 6.37. The van der Waals surface area contributed by atoms with Crippen molar-refractivity contribution >= 4 is 33.4 Å². The minimum Gasteiger partial charge on any atom is -0.0827 e. The third kappa shape index (κ3) is 1.75. The molecule has 3 radical (unpaired) electrons. The van der Waals surface area contributed by atoms with Crippen LogP contribution in [0.4, 0.5) is 0 Å². The van der Waals surface area contributed by atoms with Gasteiger partial charge in [-0.05, 0) is 23.7 Å². The molecule has 0 heterocycles. The molecular formula is C7H5Cl2Si. The van der Waals surface area contributed by atoms with Crippen molar-refractivity contribution in [1.29, 1.82) is 0 Å². The maximum absolute atomic E-state index is 5.74. The quantitative estimate of drug-likeness (QED) is 0.594. The van der Waals surface area contributed by atoms with Gasteiger partial charge in [0.25, 0.3) is 0 Å². The monoisotopic (exact) mass is 187 g/mol. The first-order valence-electron chi connectivity index (χ1n) is 2.82. The van der Waals surface area contributed by atoms with Crippen molar-refractivity contribution < 1.29 is 0 Å². The van der Waals surface area contributed by atoms with Gasteiger partial charge in [0.2, 0.25) is 0 Å². The van der Waals surface area contributed by atoms with Crippen LogP contribution < -0.4 is 0 Å². The van der Waals surface area contributed by atoms with Gasteiger partial charge in [0.05, 0.1) is 10.0 Å². The fourth-order valence-electron chi connectivity index (χ4n) is 0.650. The predicted molar refractivity (Wildman–Crippen MR) is 45.9 cm³/mol. The molecule has 0 unspecified atom stereocenters. The van der Waals surface area contributed by atoms with Gasteiger partial charge in [-0.2, -0.15) is 0 Å². The summed E-state index contributed by atoms with van der Waals surface area (Å²) in [6.07, 6.45) is 0. The molecule has 51 valence electrons. The Labute approximate surface area is 73.6 Å². The maximum Gasteiger partial charge on any atom is 0.0594 e. The molecule has 0 nitrogen and oxygen atoms in total. The Morgan fingerprint density at radius 2 is 1.90 bits per heavy atom. The van der Waals surface area contributed by atoms with Gasteiger partial charge in [0.15, 0.2) is 0 Å². The molecule has 1 aromatic carbocycles. The van der Waals surface area contributed by atoms with E-state index in [9.17, 15) is 0 Å². The Bertz CT molecular complexity index is 235. The van der Waals surface area contributed by atoms with E-state index < -0.39 is 0 Å². The van der Waals surface area contributed by atoms with Crippen LogP contribution in [0.3, 0.4) is 0 Å². The standard InChI is InChI=1S/C7H5Cl2Si/c8-6-2-1-5(4-10)3-7(6)9/h1-3H,4H2. The predicted octanol–water partition coefficient (Wildman–Crippen LogP) is 2.66. The van der Waals surface area contributed by atoms with Gasteiger partial charge in [-0.25, -0.2) is 0 Å². The van der Waals surface area contributed by atoms with Crippen molar-refractivity contribution in [3.63, 3.8) is 0 Å². The molecule has 0 bridgehead atoms. The number of rotatable bonds is 1. The van der Waals surface area contributed by atoms with Crippen molar-refractivity contribution in [2.24, 2.45) is 0 Å². The van der Waals surface area contributed by atoms with Crippen molar-refractivity contribution in [2.45, 2.75) is 6.04 Å². The molecule has 0 aliphatic rings. The Balaban J connectivity index is 3.04. The molecule has 0 aliphatic carbocycles. The molecule has 0 fully saturated rings. The number of halogens is 2. The number of benzene rings is 1. The highest BCUT2D eigenvalue weighted by atomic mass is 35.5. The molecule has 10 heavy (non-hydrogen) atoms. The van der Waals surface area contributed by atoms with E-state index in [1.807, 2.05) is 12.1 Å². The van der Waals surface area contributed by atoms with Crippen LogP contribution >= 0.6 is 23.2 Å². The Hall–Kier alpha value is 0.0169. The van der Waals surface area contributed by atoms with Crippen LogP contribution in [0, 0.1) is 0 Å². The number of hydrogen-bond donors (Lipinski definition) is 0. The van der Waals surface area contributed by atoms with Crippen LogP contribution in [0.25, 0.3) is 0 Å². The van der Waals surface area contributed by atoms with E-state index >= 15 is 0 Å². The molecule has 0 N–H and O–H groups in total. The third-order valence-electron chi connectivity index (χ3n) is 1.19. The van der Waals surface area contributed by atoms with Gasteiger partial charge in [0, 0.05) is 10.2 Å². The molecular weight excluding hydrogens is 183 g/mol. The first kappa shape index (κ1) is 8.12. The smallest absolute Gasteiger partial charge is 0.0594 e. The highest BCUT2D eigenvalue weighted by Gasteiger charge is 1.96. The second-order valence-corrected chi connectivity index (χ2v) is 3.09. The van der Waals surface area contributed by atoms with Gasteiger partial charge >= 0.3 is 0 Å². The van der Waals surface area contributed by atoms with Gasteiger partial charge in [0.1, 0.15) is 0 Å². The lowest BCUT2D eigenvalue weighted by atomic mass is 10.2. The number of hydrogen-bond acceptors (Lipinski definition) is 0. The molecule has 0 saturated carbocycles. The van der Waals surface area contributed by atoms with Crippen LogP contribution in [0.5, 0.6) is 0 Å². The highest BCUT2D eigenvalue weighted by molar-refractivity contribution is 6.42. The van der Waals surface area contributed by atoms with E-state index in [2.05, 4.69) is 10.2 Å². The Morgan fingerprint density at radius 3 is 2.40 bits per heavy atom. The SMILES string of the molecule is [Si]Cc1ccc(Cl)c(Cl)c1. The van der Waals surface area contributed by atoms with E-state index in [4.69, 9.17) is 23.2 Å². The average Bonchev–Trinajstić information content (AvgIpc) is 1.95. The third-order valence-corrected chi connectivity index (χ3v) is 2.34. The lowest BCUT2D eigenvalue weighted by Gasteiger charge is -1.97. The Morgan fingerprint density at radius 1 is 1.20 bits per heavy atom. The highest BCUT2D eigenvalue weighted by Crippen LogP contribution is 2.22. The maximum atomic E-state index is 5.74. The minimum absolute atomic E-state index is 0.602. The first-order valence-corrected chi connectivity index (χ1v) is 4.29. The van der Waals surface area contributed by atoms with Gasteiger partial charge in [-0.1, -0.05) is 29.3 Å². The van der Waals surface area contributed by atoms with Crippen LogP contribution in [-0.4, -0.2) is 10.2 Å². The zero-order chi connectivity index (χ0) is 7.56. The molecule has 3 heteroatoms. The van der Waals surface area contributed by atoms with Crippen molar-refractivity contribution in [3.8, 4) is 0 Å². The molecule has 0 saturated heterocycles. The molecule has 1 aromatic rings.